The van der Waals surface area contributed by atoms with E-state index in [4.69, 9.17) is 0 Å². The maximum atomic E-state index is 12.2. The lowest BCUT2D eigenvalue weighted by Crippen LogP contribution is -2.27. The molecule has 0 radical (unpaired) electrons. The Morgan fingerprint density at radius 3 is 2.61 bits per heavy atom. The predicted octanol–water partition coefficient (Wildman–Crippen LogP) is 1.21. The van der Waals surface area contributed by atoms with Gasteiger partial charge in [0.2, 0.25) is 10.0 Å². The molecule has 7 heteroatoms. The van der Waals surface area contributed by atoms with E-state index in [-0.39, 0.29) is 10.8 Å². The van der Waals surface area contributed by atoms with E-state index in [1.165, 1.54) is 35.0 Å². The number of aryl methyl sites for hydroxylation is 2. The van der Waals surface area contributed by atoms with E-state index < -0.39 is 10.0 Å². The minimum absolute atomic E-state index is 0.0755. The highest BCUT2D eigenvalue weighted by Gasteiger charge is 2.18. The van der Waals surface area contributed by atoms with Crippen LogP contribution in [0.4, 0.5) is 0 Å². The number of aromatic nitrogens is 1. The van der Waals surface area contributed by atoms with Crippen LogP contribution in [-0.2, 0) is 23.5 Å². The standard InChI is InChI=1S/C16H21N3O3S/c1-12-6-4-5-7-13(12)8-9-18-16(20)15-10-14(11-19(15)3)23(21,22)17-2/h4-7,10-11,17H,8-9H2,1-3H3,(H,18,20). The molecule has 0 aliphatic carbocycles. The Labute approximate surface area is 136 Å². The topological polar surface area (TPSA) is 80.2 Å². The van der Waals surface area contributed by atoms with Crippen molar-refractivity contribution in [2.45, 2.75) is 18.2 Å². The molecule has 6 nitrogen and oxygen atoms in total. The van der Waals surface area contributed by atoms with Gasteiger partial charge in [0, 0.05) is 19.8 Å². The van der Waals surface area contributed by atoms with E-state index in [9.17, 15) is 13.2 Å². The Bertz CT molecular complexity index is 810. The quantitative estimate of drug-likeness (QED) is 0.833. The van der Waals surface area contributed by atoms with Gasteiger partial charge in [-0.25, -0.2) is 13.1 Å². The van der Waals surface area contributed by atoms with Crippen LogP contribution in [-0.4, -0.2) is 32.5 Å². The van der Waals surface area contributed by atoms with Crippen LogP contribution in [0.25, 0.3) is 0 Å². The van der Waals surface area contributed by atoms with E-state index >= 15 is 0 Å². The second kappa shape index (κ2) is 6.97. The van der Waals surface area contributed by atoms with Crippen LogP contribution in [0.2, 0.25) is 0 Å². The second-order valence-electron chi connectivity index (χ2n) is 5.31. The van der Waals surface area contributed by atoms with Crippen molar-refractivity contribution in [3.8, 4) is 0 Å². The van der Waals surface area contributed by atoms with Crippen LogP contribution >= 0.6 is 0 Å². The molecular formula is C16H21N3O3S. The summed E-state index contributed by atoms with van der Waals surface area (Å²) in [6.07, 6.45) is 2.15. The highest BCUT2D eigenvalue weighted by atomic mass is 32.2. The zero-order valence-corrected chi connectivity index (χ0v) is 14.3. The molecule has 1 aromatic heterocycles. The fourth-order valence-electron chi connectivity index (χ4n) is 2.32. The molecule has 0 fully saturated rings. The predicted molar refractivity (Wildman–Crippen MR) is 88.9 cm³/mol. The van der Waals surface area contributed by atoms with Gasteiger partial charge in [-0.05, 0) is 37.6 Å². The number of hydrogen-bond donors (Lipinski definition) is 2. The molecule has 0 atom stereocenters. The Balaban J connectivity index is 2.03. The third kappa shape index (κ3) is 4.00. The van der Waals surface area contributed by atoms with E-state index in [1.54, 1.807) is 7.05 Å². The molecule has 0 aliphatic heterocycles. The van der Waals surface area contributed by atoms with E-state index in [2.05, 4.69) is 10.0 Å². The Morgan fingerprint density at radius 2 is 1.96 bits per heavy atom. The lowest BCUT2D eigenvalue weighted by atomic mass is 10.1. The normalized spacial score (nSPS) is 11.4. The summed E-state index contributed by atoms with van der Waals surface area (Å²) in [6, 6.07) is 9.38. The Hall–Kier alpha value is -2.12. The molecule has 0 saturated carbocycles. The van der Waals surface area contributed by atoms with Gasteiger partial charge in [-0.2, -0.15) is 0 Å². The van der Waals surface area contributed by atoms with Crippen molar-refractivity contribution in [3.63, 3.8) is 0 Å². The zero-order valence-electron chi connectivity index (χ0n) is 13.5. The average Bonchev–Trinajstić information content (AvgIpc) is 2.92. The minimum atomic E-state index is -3.55. The summed E-state index contributed by atoms with van der Waals surface area (Å²) in [5.41, 5.74) is 2.67. The first-order valence-electron chi connectivity index (χ1n) is 7.28. The van der Waals surface area contributed by atoms with Gasteiger partial charge in [-0.1, -0.05) is 24.3 Å². The van der Waals surface area contributed by atoms with Crippen LogP contribution in [0, 0.1) is 6.92 Å². The van der Waals surface area contributed by atoms with Gasteiger partial charge in [0.25, 0.3) is 5.91 Å². The number of carbonyl (C=O) groups excluding carboxylic acids is 1. The summed E-state index contributed by atoms with van der Waals surface area (Å²) >= 11 is 0. The highest BCUT2D eigenvalue weighted by molar-refractivity contribution is 7.89. The molecule has 23 heavy (non-hydrogen) atoms. The molecule has 124 valence electrons. The van der Waals surface area contributed by atoms with Gasteiger partial charge in [-0.15, -0.1) is 0 Å². The van der Waals surface area contributed by atoms with Crippen LogP contribution in [0.1, 0.15) is 21.6 Å². The van der Waals surface area contributed by atoms with Crippen molar-refractivity contribution in [2.24, 2.45) is 7.05 Å². The van der Waals surface area contributed by atoms with Crippen molar-refractivity contribution in [3.05, 3.63) is 53.3 Å². The van der Waals surface area contributed by atoms with Crippen molar-refractivity contribution < 1.29 is 13.2 Å². The molecule has 2 rings (SSSR count). The third-order valence-electron chi connectivity index (χ3n) is 3.73. The van der Waals surface area contributed by atoms with Crippen molar-refractivity contribution in [2.75, 3.05) is 13.6 Å². The summed E-state index contributed by atoms with van der Waals surface area (Å²) in [5.74, 6) is -0.293. The molecule has 0 aliphatic rings. The fourth-order valence-corrected chi connectivity index (χ4v) is 3.12. The first-order valence-corrected chi connectivity index (χ1v) is 8.76. The second-order valence-corrected chi connectivity index (χ2v) is 7.20. The van der Waals surface area contributed by atoms with Crippen LogP contribution in [0.3, 0.4) is 0 Å². The molecule has 0 spiro atoms. The molecular weight excluding hydrogens is 314 g/mol. The number of benzene rings is 1. The molecule has 1 aromatic carbocycles. The Kier molecular flexibility index (Phi) is 5.23. The lowest BCUT2D eigenvalue weighted by Gasteiger charge is -2.08. The van der Waals surface area contributed by atoms with Crippen molar-refractivity contribution in [1.29, 1.82) is 0 Å². The average molecular weight is 335 g/mol. The molecule has 0 bridgehead atoms. The molecule has 1 amide bonds. The van der Waals surface area contributed by atoms with E-state index in [0.717, 1.165) is 6.42 Å². The summed E-state index contributed by atoms with van der Waals surface area (Å²) < 4.78 is 27.3. The Morgan fingerprint density at radius 1 is 1.26 bits per heavy atom. The maximum absolute atomic E-state index is 12.2. The zero-order chi connectivity index (χ0) is 17.0. The summed E-state index contributed by atoms with van der Waals surface area (Å²) in [4.78, 5) is 12.3. The van der Waals surface area contributed by atoms with Crippen molar-refractivity contribution in [1.82, 2.24) is 14.6 Å². The van der Waals surface area contributed by atoms with Gasteiger partial charge in [-0.3, -0.25) is 4.79 Å². The van der Waals surface area contributed by atoms with Gasteiger partial charge >= 0.3 is 0 Å². The minimum Gasteiger partial charge on any atom is -0.350 e. The summed E-state index contributed by atoms with van der Waals surface area (Å²) in [7, 11) is -0.572. The van der Waals surface area contributed by atoms with Crippen molar-refractivity contribution >= 4 is 15.9 Å². The smallest absolute Gasteiger partial charge is 0.267 e. The van der Waals surface area contributed by atoms with Gasteiger partial charge in [0.05, 0.1) is 0 Å². The molecule has 2 N–H and O–H groups in total. The number of carbonyl (C=O) groups is 1. The summed E-state index contributed by atoms with van der Waals surface area (Å²) in [6.45, 7) is 2.52. The van der Waals surface area contributed by atoms with Gasteiger partial charge in [0.1, 0.15) is 10.6 Å². The van der Waals surface area contributed by atoms with Gasteiger partial charge < -0.3 is 9.88 Å². The van der Waals surface area contributed by atoms with Gasteiger partial charge in [0.15, 0.2) is 0 Å². The first-order chi connectivity index (χ1) is 10.8. The highest BCUT2D eigenvalue weighted by Crippen LogP contribution is 2.13. The maximum Gasteiger partial charge on any atom is 0.267 e. The monoisotopic (exact) mass is 335 g/mol. The molecule has 2 aromatic rings. The number of rotatable bonds is 6. The number of hydrogen-bond acceptors (Lipinski definition) is 3. The third-order valence-corrected chi connectivity index (χ3v) is 5.11. The molecule has 1 heterocycles. The van der Waals surface area contributed by atoms with Crippen LogP contribution in [0.5, 0.6) is 0 Å². The summed E-state index contributed by atoms with van der Waals surface area (Å²) in [5, 5.41) is 2.82. The first kappa shape index (κ1) is 17.2. The van der Waals surface area contributed by atoms with Crippen LogP contribution < -0.4 is 10.0 Å². The SMILES string of the molecule is CNS(=O)(=O)c1cc(C(=O)NCCc2ccccc2C)n(C)c1. The van der Waals surface area contributed by atoms with E-state index in [0.29, 0.717) is 12.2 Å². The number of nitrogens with zero attached hydrogens (tertiary/aromatic N) is 1. The van der Waals surface area contributed by atoms with Crippen LogP contribution in [0.15, 0.2) is 41.4 Å². The molecule has 0 unspecified atom stereocenters. The lowest BCUT2D eigenvalue weighted by molar-refractivity contribution is 0.0946. The largest absolute Gasteiger partial charge is 0.350 e. The fraction of sp³-hybridized carbons (Fsp3) is 0.312. The number of amides is 1. The molecule has 0 saturated heterocycles. The number of sulfonamides is 1. The van der Waals surface area contributed by atoms with E-state index in [1.807, 2.05) is 31.2 Å². The number of nitrogens with one attached hydrogen (secondary N) is 2.